The number of halogens is 1. The van der Waals surface area contributed by atoms with Gasteiger partial charge in [0.15, 0.2) is 11.2 Å². The van der Waals surface area contributed by atoms with Crippen LogP contribution in [0.4, 0.5) is 0 Å². The molecule has 0 atom stereocenters. The normalized spacial score (nSPS) is 10.8. The van der Waals surface area contributed by atoms with Crippen molar-refractivity contribution in [2.24, 2.45) is 0 Å². The molecule has 17 heavy (non-hydrogen) atoms. The summed E-state index contributed by atoms with van der Waals surface area (Å²) in [6.45, 7) is 3.48. The van der Waals surface area contributed by atoms with Crippen molar-refractivity contribution in [1.82, 2.24) is 0 Å². The lowest BCUT2D eigenvalue weighted by Crippen LogP contribution is -2.09. The first-order valence-corrected chi connectivity index (χ1v) is 6.30. The van der Waals surface area contributed by atoms with Crippen LogP contribution in [-0.4, -0.2) is 11.1 Å². The van der Waals surface area contributed by atoms with Gasteiger partial charge in [-0.1, -0.05) is 15.9 Å². The smallest absolute Gasteiger partial charge is 0.195 e. The third kappa shape index (κ3) is 2.05. The molecule has 0 aliphatic carbocycles. The molecule has 0 aliphatic heterocycles. The van der Waals surface area contributed by atoms with Crippen LogP contribution >= 0.6 is 15.9 Å². The van der Waals surface area contributed by atoms with Gasteiger partial charge in [0.1, 0.15) is 11.3 Å². The maximum Gasteiger partial charge on any atom is 0.195 e. The van der Waals surface area contributed by atoms with E-state index in [1.165, 1.54) is 0 Å². The Morgan fingerprint density at radius 2 is 2.06 bits per heavy atom. The van der Waals surface area contributed by atoms with Crippen LogP contribution in [0, 0.1) is 13.8 Å². The number of hydrogen-bond donors (Lipinski definition) is 0. The van der Waals surface area contributed by atoms with E-state index in [1.54, 1.807) is 32.0 Å². The van der Waals surface area contributed by atoms with Crippen molar-refractivity contribution in [3.8, 4) is 0 Å². The van der Waals surface area contributed by atoms with Crippen molar-refractivity contribution in [1.29, 1.82) is 0 Å². The summed E-state index contributed by atoms with van der Waals surface area (Å²) in [6, 6.07) is 4.93. The Morgan fingerprint density at radius 3 is 2.71 bits per heavy atom. The largest absolute Gasteiger partial charge is 0.461 e. The molecule has 0 saturated carbocycles. The molecule has 1 aromatic heterocycles. The molecule has 3 nitrogen and oxygen atoms in total. The Hall–Kier alpha value is -1.42. The molecule has 2 rings (SSSR count). The number of Topliss-reactive ketones (excluding diaryl/α,β-unsaturated/α-hetero) is 1. The molecule has 88 valence electrons. The van der Waals surface area contributed by atoms with Gasteiger partial charge in [0.25, 0.3) is 0 Å². The molecule has 4 heteroatoms. The third-order valence-corrected chi connectivity index (χ3v) is 3.31. The Bertz CT molecular complexity index is 655. The van der Waals surface area contributed by atoms with E-state index in [2.05, 4.69) is 15.9 Å². The van der Waals surface area contributed by atoms with Gasteiger partial charge >= 0.3 is 0 Å². The van der Waals surface area contributed by atoms with Crippen molar-refractivity contribution >= 4 is 32.7 Å². The van der Waals surface area contributed by atoms with Crippen LogP contribution in [0.25, 0.3) is 11.0 Å². The van der Waals surface area contributed by atoms with Gasteiger partial charge < -0.3 is 4.42 Å². The van der Waals surface area contributed by atoms with E-state index < -0.39 is 0 Å². The highest BCUT2D eigenvalue weighted by molar-refractivity contribution is 9.09. The van der Waals surface area contributed by atoms with Crippen molar-refractivity contribution in [2.75, 3.05) is 5.33 Å². The average molecular weight is 295 g/mol. The summed E-state index contributed by atoms with van der Waals surface area (Å²) < 4.78 is 5.52. The SMILES string of the molecule is Cc1oc2ccc(C(=O)CBr)cc2c(=O)c1C. The molecular weight excluding hydrogens is 284 g/mol. The van der Waals surface area contributed by atoms with E-state index >= 15 is 0 Å². The monoisotopic (exact) mass is 294 g/mol. The average Bonchev–Trinajstić information content (AvgIpc) is 2.35. The molecular formula is C13H11BrO3. The summed E-state index contributed by atoms with van der Waals surface area (Å²) in [4.78, 5) is 23.6. The van der Waals surface area contributed by atoms with Crippen LogP contribution in [0.1, 0.15) is 21.7 Å². The number of hydrogen-bond acceptors (Lipinski definition) is 3. The number of aryl methyl sites for hydroxylation is 1. The highest BCUT2D eigenvalue weighted by atomic mass is 79.9. The minimum absolute atomic E-state index is 0.0514. The Balaban J connectivity index is 2.78. The topological polar surface area (TPSA) is 47.3 Å². The zero-order valence-corrected chi connectivity index (χ0v) is 11.1. The van der Waals surface area contributed by atoms with Gasteiger partial charge in [-0.2, -0.15) is 0 Å². The van der Waals surface area contributed by atoms with Crippen LogP contribution in [0.3, 0.4) is 0 Å². The van der Waals surface area contributed by atoms with Gasteiger partial charge in [-0.3, -0.25) is 9.59 Å². The van der Waals surface area contributed by atoms with Crippen molar-refractivity contribution < 1.29 is 9.21 Å². The second-order valence-electron chi connectivity index (χ2n) is 3.88. The van der Waals surface area contributed by atoms with E-state index in [4.69, 9.17) is 4.42 Å². The molecule has 0 spiro atoms. The molecule has 0 fully saturated rings. The van der Waals surface area contributed by atoms with Crippen LogP contribution in [0.15, 0.2) is 27.4 Å². The second-order valence-corrected chi connectivity index (χ2v) is 4.44. The summed E-state index contributed by atoms with van der Waals surface area (Å²) in [5.74, 6) is 0.562. The van der Waals surface area contributed by atoms with E-state index in [0.29, 0.717) is 27.9 Å². The van der Waals surface area contributed by atoms with Crippen LogP contribution in [0.2, 0.25) is 0 Å². The number of alkyl halides is 1. The van der Waals surface area contributed by atoms with Gasteiger partial charge in [-0.05, 0) is 32.0 Å². The van der Waals surface area contributed by atoms with E-state index in [-0.39, 0.29) is 16.5 Å². The molecule has 0 N–H and O–H groups in total. The first-order chi connectivity index (χ1) is 8.04. The zero-order valence-electron chi connectivity index (χ0n) is 9.54. The fourth-order valence-corrected chi connectivity index (χ4v) is 1.97. The van der Waals surface area contributed by atoms with Crippen molar-refractivity contribution in [2.45, 2.75) is 13.8 Å². The fourth-order valence-electron chi connectivity index (χ4n) is 1.65. The van der Waals surface area contributed by atoms with E-state index in [1.807, 2.05) is 0 Å². The highest BCUT2D eigenvalue weighted by Crippen LogP contribution is 2.17. The Morgan fingerprint density at radius 1 is 1.35 bits per heavy atom. The molecule has 0 saturated heterocycles. The molecule has 0 unspecified atom stereocenters. The molecule has 0 amide bonds. The van der Waals surface area contributed by atoms with Crippen LogP contribution in [-0.2, 0) is 0 Å². The highest BCUT2D eigenvalue weighted by Gasteiger charge is 2.10. The maximum atomic E-state index is 12.0. The molecule has 1 aromatic carbocycles. The number of fused-ring (bicyclic) bond motifs is 1. The number of benzene rings is 1. The van der Waals surface area contributed by atoms with Crippen LogP contribution in [0.5, 0.6) is 0 Å². The summed E-state index contributed by atoms with van der Waals surface area (Å²) in [5, 5.41) is 0.703. The predicted molar refractivity (Wildman–Crippen MR) is 70.1 cm³/mol. The number of rotatable bonds is 2. The molecule has 0 radical (unpaired) electrons. The first-order valence-electron chi connectivity index (χ1n) is 5.18. The molecule has 0 aliphatic rings. The van der Waals surface area contributed by atoms with Crippen molar-refractivity contribution in [3.63, 3.8) is 0 Å². The van der Waals surface area contributed by atoms with E-state index in [9.17, 15) is 9.59 Å². The summed E-state index contributed by atoms with van der Waals surface area (Å²) in [7, 11) is 0. The summed E-state index contributed by atoms with van der Waals surface area (Å²) >= 11 is 3.11. The lowest BCUT2D eigenvalue weighted by Gasteiger charge is -2.04. The quantitative estimate of drug-likeness (QED) is 0.632. The Labute approximate surface area is 107 Å². The van der Waals surface area contributed by atoms with Gasteiger partial charge in [0.2, 0.25) is 0 Å². The summed E-state index contributed by atoms with van der Waals surface area (Å²) in [5.41, 5.74) is 1.54. The minimum atomic E-state index is -0.0760. The fraction of sp³-hybridized carbons (Fsp3) is 0.231. The molecule has 0 bridgehead atoms. The predicted octanol–water partition coefficient (Wildman–Crippen LogP) is 2.99. The van der Waals surface area contributed by atoms with Crippen LogP contribution < -0.4 is 5.43 Å². The van der Waals surface area contributed by atoms with Gasteiger partial charge in [-0.25, -0.2) is 0 Å². The minimum Gasteiger partial charge on any atom is -0.461 e. The standard InChI is InChI=1S/C13H11BrO3/c1-7-8(2)17-12-4-3-9(11(15)6-14)5-10(12)13(7)16/h3-5H,6H2,1-2H3. The number of carbonyl (C=O) groups excluding carboxylic acids is 1. The van der Waals surface area contributed by atoms with Crippen molar-refractivity contribution in [3.05, 3.63) is 45.3 Å². The summed E-state index contributed by atoms with van der Waals surface area (Å²) in [6.07, 6.45) is 0. The molecule has 1 heterocycles. The van der Waals surface area contributed by atoms with E-state index in [0.717, 1.165) is 0 Å². The maximum absolute atomic E-state index is 12.0. The van der Waals surface area contributed by atoms with Gasteiger partial charge in [0, 0.05) is 11.1 Å². The van der Waals surface area contributed by atoms with Gasteiger partial charge in [-0.15, -0.1) is 0 Å². The lowest BCUT2D eigenvalue weighted by atomic mass is 10.1. The Kier molecular flexibility index (Phi) is 3.15. The number of carbonyl (C=O) groups is 1. The zero-order chi connectivity index (χ0) is 12.6. The van der Waals surface area contributed by atoms with Gasteiger partial charge in [0.05, 0.1) is 10.7 Å². The lowest BCUT2D eigenvalue weighted by molar-refractivity contribution is 0.102. The second kappa shape index (κ2) is 4.45. The third-order valence-electron chi connectivity index (χ3n) is 2.80. The molecule has 2 aromatic rings. The number of ketones is 1. The first kappa shape index (κ1) is 12.0.